The summed E-state index contributed by atoms with van der Waals surface area (Å²) in [7, 11) is 3.11. The zero-order chi connectivity index (χ0) is 18.9. The Morgan fingerprint density at radius 2 is 1.62 bits per heavy atom. The number of hydrogen-bond acceptors (Lipinski definition) is 4. The molecule has 0 fully saturated rings. The molecule has 0 bridgehead atoms. The Bertz CT molecular complexity index is 734. The van der Waals surface area contributed by atoms with Crippen molar-refractivity contribution in [3.8, 4) is 5.75 Å². The standard InChI is InChI=1S/C20H24N2O4/c1-14(15-9-5-4-6-10-15)22-20(24)19(23)21-13-18(26-3)16-11-7-8-12-17(16)25-2/h4-12,14,18H,13H2,1-3H3,(H,21,23)(H,22,24). The van der Waals surface area contributed by atoms with E-state index in [1.165, 1.54) is 0 Å². The second-order valence-electron chi connectivity index (χ2n) is 5.78. The first-order valence-electron chi connectivity index (χ1n) is 8.36. The molecule has 26 heavy (non-hydrogen) atoms. The van der Waals surface area contributed by atoms with Crippen LogP contribution in [-0.4, -0.2) is 32.6 Å². The summed E-state index contributed by atoms with van der Waals surface area (Å²) in [6.45, 7) is 1.98. The minimum atomic E-state index is -0.704. The smallest absolute Gasteiger partial charge is 0.309 e. The zero-order valence-corrected chi connectivity index (χ0v) is 15.2. The van der Waals surface area contributed by atoms with Crippen molar-refractivity contribution in [3.05, 3.63) is 65.7 Å². The minimum absolute atomic E-state index is 0.156. The molecule has 6 heteroatoms. The fraction of sp³-hybridized carbons (Fsp3) is 0.300. The van der Waals surface area contributed by atoms with Crippen molar-refractivity contribution in [2.75, 3.05) is 20.8 Å². The summed E-state index contributed by atoms with van der Waals surface area (Å²) in [5, 5.41) is 5.29. The van der Waals surface area contributed by atoms with E-state index in [9.17, 15) is 9.59 Å². The fourth-order valence-corrected chi connectivity index (χ4v) is 2.61. The van der Waals surface area contributed by atoms with Gasteiger partial charge in [0.05, 0.1) is 13.2 Å². The number of para-hydroxylation sites is 1. The number of methoxy groups -OCH3 is 2. The largest absolute Gasteiger partial charge is 0.496 e. The van der Waals surface area contributed by atoms with E-state index in [1.54, 1.807) is 14.2 Å². The summed E-state index contributed by atoms with van der Waals surface area (Å²) in [5.41, 5.74) is 1.73. The Morgan fingerprint density at radius 3 is 2.27 bits per heavy atom. The molecule has 0 saturated carbocycles. The second kappa shape index (κ2) is 9.58. The molecule has 0 spiro atoms. The van der Waals surface area contributed by atoms with Gasteiger partial charge >= 0.3 is 11.8 Å². The van der Waals surface area contributed by atoms with Crippen LogP contribution in [0.2, 0.25) is 0 Å². The lowest BCUT2D eigenvalue weighted by atomic mass is 10.1. The molecule has 2 N–H and O–H groups in total. The molecule has 0 aliphatic rings. The van der Waals surface area contributed by atoms with Crippen molar-refractivity contribution in [3.63, 3.8) is 0 Å². The molecule has 0 aliphatic carbocycles. The van der Waals surface area contributed by atoms with E-state index in [0.29, 0.717) is 5.75 Å². The van der Waals surface area contributed by atoms with Crippen LogP contribution in [0.15, 0.2) is 54.6 Å². The fourth-order valence-electron chi connectivity index (χ4n) is 2.61. The first-order valence-corrected chi connectivity index (χ1v) is 8.36. The Hall–Kier alpha value is -2.86. The van der Waals surface area contributed by atoms with Crippen LogP contribution >= 0.6 is 0 Å². The monoisotopic (exact) mass is 356 g/mol. The number of amides is 2. The molecule has 2 aromatic rings. The predicted octanol–water partition coefficient (Wildman–Crippen LogP) is 2.38. The number of ether oxygens (including phenoxy) is 2. The molecule has 0 saturated heterocycles. The minimum Gasteiger partial charge on any atom is -0.496 e. The van der Waals surface area contributed by atoms with Crippen LogP contribution in [0.1, 0.15) is 30.2 Å². The van der Waals surface area contributed by atoms with E-state index >= 15 is 0 Å². The Balaban J connectivity index is 1.93. The Kier molecular flexibility index (Phi) is 7.17. The third-order valence-corrected chi connectivity index (χ3v) is 4.07. The van der Waals surface area contributed by atoms with E-state index < -0.39 is 17.9 Å². The van der Waals surface area contributed by atoms with E-state index in [2.05, 4.69) is 10.6 Å². The quantitative estimate of drug-likeness (QED) is 0.747. The van der Waals surface area contributed by atoms with E-state index in [-0.39, 0.29) is 12.6 Å². The highest BCUT2D eigenvalue weighted by molar-refractivity contribution is 6.35. The number of carbonyl (C=O) groups excluding carboxylic acids is 2. The van der Waals surface area contributed by atoms with Gasteiger partial charge < -0.3 is 20.1 Å². The van der Waals surface area contributed by atoms with Crippen LogP contribution in [0, 0.1) is 0 Å². The molecule has 2 atom stereocenters. The summed E-state index contributed by atoms with van der Waals surface area (Å²) < 4.78 is 10.7. The molecule has 0 heterocycles. The van der Waals surface area contributed by atoms with Crippen molar-refractivity contribution in [2.24, 2.45) is 0 Å². The van der Waals surface area contributed by atoms with Crippen LogP contribution in [0.3, 0.4) is 0 Å². The second-order valence-corrected chi connectivity index (χ2v) is 5.78. The van der Waals surface area contributed by atoms with Gasteiger partial charge in [0.2, 0.25) is 0 Å². The van der Waals surface area contributed by atoms with E-state index in [1.807, 2.05) is 61.5 Å². The molecule has 0 aliphatic heterocycles. The first kappa shape index (κ1) is 19.5. The van der Waals surface area contributed by atoms with Gasteiger partial charge in [0.15, 0.2) is 0 Å². The number of hydrogen-bond donors (Lipinski definition) is 2. The normalized spacial score (nSPS) is 12.7. The summed E-state index contributed by atoms with van der Waals surface area (Å²) in [4.78, 5) is 24.2. The van der Waals surface area contributed by atoms with Crippen LogP contribution in [0.5, 0.6) is 5.75 Å². The molecule has 0 radical (unpaired) electrons. The Morgan fingerprint density at radius 1 is 0.962 bits per heavy atom. The third-order valence-electron chi connectivity index (χ3n) is 4.07. The zero-order valence-electron chi connectivity index (χ0n) is 15.2. The van der Waals surface area contributed by atoms with Crippen LogP contribution in [-0.2, 0) is 14.3 Å². The lowest BCUT2D eigenvalue weighted by molar-refractivity contribution is -0.139. The van der Waals surface area contributed by atoms with Gasteiger partial charge in [0.1, 0.15) is 11.9 Å². The summed E-state index contributed by atoms with van der Waals surface area (Å²) in [6, 6.07) is 16.6. The highest BCUT2D eigenvalue weighted by Crippen LogP contribution is 2.26. The van der Waals surface area contributed by atoms with Gasteiger partial charge in [0.25, 0.3) is 0 Å². The molecule has 138 valence electrons. The van der Waals surface area contributed by atoms with Gasteiger partial charge in [-0.15, -0.1) is 0 Å². The average Bonchev–Trinajstić information content (AvgIpc) is 2.69. The third kappa shape index (κ3) is 5.07. The van der Waals surface area contributed by atoms with Crippen molar-refractivity contribution in [2.45, 2.75) is 19.1 Å². The highest BCUT2D eigenvalue weighted by atomic mass is 16.5. The molecular formula is C20H24N2O4. The van der Waals surface area contributed by atoms with Gasteiger partial charge in [-0.1, -0.05) is 48.5 Å². The summed E-state index contributed by atoms with van der Waals surface area (Å²) >= 11 is 0. The Labute approximate surface area is 153 Å². The van der Waals surface area contributed by atoms with Crippen molar-refractivity contribution < 1.29 is 19.1 Å². The van der Waals surface area contributed by atoms with Crippen molar-refractivity contribution >= 4 is 11.8 Å². The van der Waals surface area contributed by atoms with E-state index in [0.717, 1.165) is 11.1 Å². The van der Waals surface area contributed by atoms with Crippen LogP contribution in [0.4, 0.5) is 0 Å². The number of nitrogens with one attached hydrogen (secondary N) is 2. The van der Waals surface area contributed by atoms with Gasteiger partial charge in [-0.3, -0.25) is 9.59 Å². The maximum Gasteiger partial charge on any atom is 0.309 e. The highest BCUT2D eigenvalue weighted by Gasteiger charge is 2.20. The molecule has 2 unspecified atom stereocenters. The lowest BCUT2D eigenvalue weighted by Gasteiger charge is -2.19. The van der Waals surface area contributed by atoms with Crippen LogP contribution < -0.4 is 15.4 Å². The maximum absolute atomic E-state index is 12.1. The number of benzene rings is 2. The summed E-state index contributed by atoms with van der Waals surface area (Å²) in [6.07, 6.45) is -0.422. The van der Waals surface area contributed by atoms with E-state index in [4.69, 9.17) is 9.47 Å². The van der Waals surface area contributed by atoms with Crippen molar-refractivity contribution in [1.82, 2.24) is 10.6 Å². The van der Waals surface area contributed by atoms with Crippen LogP contribution in [0.25, 0.3) is 0 Å². The van der Waals surface area contributed by atoms with Gasteiger partial charge in [-0.05, 0) is 18.6 Å². The first-order chi connectivity index (χ1) is 12.6. The maximum atomic E-state index is 12.1. The average molecular weight is 356 g/mol. The van der Waals surface area contributed by atoms with Crippen molar-refractivity contribution in [1.29, 1.82) is 0 Å². The molecule has 0 aromatic heterocycles. The van der Waals surface area contributed by atoms with Gasteiger partial charge in [-0.2, -0.15) is 0 Å². The summed E-state index contributed by atoms with van der Waals surface area (Å²) in [5.74, 6) is -0.725. The number of rotatable bonds is 7. The number of carbonyl (C=O) groups is 2. The topological polar surface area (TPSA) is 76.7 Å². The molecule has 2 aromatic carbocycles. The SMILES string of the molecule is COc1ccccc1C(CNC(=O)C(=O)NC(C)c1ccccc1)OC. The van der Waals surface area contributed by atoms with Gasteiger partial charge in [0, 0.05) is 19.2 Å². The molecule has 2 amide bonds. The molecular weight excluding hydrogens is 332 g/mol. The predicted molar refractivity (Wildman–Crippen MR) is 98.8 cm³/mol. The van der Waals surface area contributed by atoms with Gasteiger partial charge in [-0.25, -0.2) is 0 Å². The molecule has 2 rings (SSSR count). The molecule has 6 nitrogen and oxygen atoms in total. The lowest BCUT2D eigenvalue weighted by Crippen LogP contribution is -2.42.